The van der Waals surface area contributed by atoms with Crippen LogP contribution in [0.5, 0.6) is 5.75 Å². The lowest BCUT2D eigenvalue weighted by atomic mass is 9.93. The highest BCUT2D eigenvalue weighted by Crippen LogP contribution is 2.40. The minimum absolute atomic E-state index is 0.0520. The lowest BCUT2D eigenvalue weighted by Crippen LogP contribution is -2.43. The predicted molar refractivity (Wildman–Crippen MR) is 83.9 cm³/mol. The number of hydrogen-bond donors (Lipinski definition) is 1. The zero-order chi connectivity index (χ0) is 17.4. The van der Waals surface area contributed by atoms with Gasteiger partial charge in [0.25, 0.3) is 0 Å². The predicted octanol–water partition coefficient (Wildman–Crippen LogP) is 2.28. The minimum atomic E-state index is -1.09. The van der Waals surface area contributed by atoms with E-state index in [1.54, 1.807) is 0 Å². The fourth-order valence-electron chi connectivity index (χ4n) is 3.33. The minimum Gasteiger partial charge on any atom is -0.410 e. The Bertz CT molecular complexity index is 765. The molecule has 126 valence electrons. The molecule has 0 aromatic heterocycles. The number of amides is 2. The first kappa shape index (κ1) is 16.4. The van der Waals surface area contributed by atoms with E-state index in [1.165, 1.54) is 23.1 Å². The molecule has 2 amide bonds. The highest BCUT2D eigenvalue weighted by atomic mass is 35.5. The van der Waals surface area contributed by atoms with Crippen molar-refractivity contribution in [3.63, 3.8) is 0 Å². The van der Waals surface area contributed by atoms with Crippen LogP contribution in [0, 0.1) is 5.82 Å². The van der Waals surface area contributed by atoms with Gasteiger partial charge in [-0.3, -0.25) is 4.79 Å². The maximum atomic E-state index is 14.5. The third-order valence-electron chi connectivity index (χ3n) is 4.30. The van der Waals surface area contributed by atoms with E-state index in [1.807, 2.05) is 0 Å². The molecule has 1 saturated heterocycles. The van der Waals surface area contributed by atoms with E-state index in [2.05, 4.69) is 0 Å². The summed E-state index contributed by atoms with van der Waals surface area (Å²) in [7, 11) is 0. The van der Waals surface area contributed by atoms with Crippen LogP contribution in [-0.2, 0) is 9.59 Å². The first-order chi connectivity index (χ1) is 11.4. The summed E-state index contributed by atoms with van der Waals surface area (Å²) in [6, 6.07) is 1.92. The van der Waals surface area contributed by atoms with Crippen LogP contribution in [0.1, 0.15) is 24.8 Å². The second-order valence-electron chi connectivity index (χ2n) is 5.71. The number of fused-ring (bicyclic) bond motifs is 1. The summed E-state index contributed by atoms with van der Waals surface area (Å²) in [6.07, 6.45) is 2.45. The van der Waals surface area contributed by atoms with Crippen molar-refractivity contribution in [2.75, 3.05) is 0 Å². The van der Waals surface area contributed by atoms with Gasteiger partial charge in [0, 0.05) is 12.1 Å². The van der Waals surface area contributed by atoms with Crippen LogP contribution in [0.3, 0.4) is 0 Å². The average molecular weight is 353 g/mol. The molecular weight excluding hydrogens is 339 g/mol. The van der Waals surface area contributed by atoms with Crippen molar-refractivity contribution in [3.05, 3.63) is 34.6 Å². The number of primary amides is 1. The largest absolute Gasteiger partial charge is 0.410 e. The molecule has 0 saturated carbocycles. The van der Waals surface area contributed by atoms with Crippen LogP contribution < -0.4 is 10.5 Å². The number of hydrogen-bond acceptors (Lipinski definition) is 4. The number of rotatable bonds is 3. The van der Waals surface area contributed by atoms with Crippen LogP contribution in [0.15, 0.2) is 18.2 Å². The molecule has 2 atom stereocenters. The Balaban J connectivity index is 2.05. The van der Waals surface area contributed by atoms with Crippen molar-refractivity contribution in [3.8, 4) is 5.75 Å². The van der Waals surface area contributed by atoms with Gasteiger partial charge < -0.3 is 20.2 Å². The number of benzene rings is 1. The second kappa shape index (κ2) is 6.24. The highest BCUT2D eigenvalue weighted by Gasteiger charge is 2.40. The zero-order valence-corrected chi connectivity index (χ0v) is 13.3. The SMILES string of the molecule is NC(=O)Oc1ccc(Cl)c(F)c1C1=CC(=O)N2C(CC[C@H]2C=O)C1. The van der Waals surface area contributed by atoms with Gasteiger partial charge in [-0.1, -0.05) is 11.6 Å². The van der Waals surface area contributed by atoms with E-state index in [0.29, 0.717) is 24.8 Å². The Morgan fingerprint density at radius 3 is 2.83 bits per heavy atom. The number of aldehydes is 1. The molecule has 24 heavy (non-hydrogen) atoms. The molecule has 8 heteroatoms. The molecule has 3 rings (SSSR count). The van der Waals surface area contributed by atoms with Crippen molar-refractivity contribution in [1.82, 2.24) is 4.90 Å². The summed E-state index contributed by atoms with van der Waals surface area (Å²) in [5.74, 6) is -1.25. The van der Waals surface area contributed by atoms with Gasteiger partial charge in [-0.15, -0.1) is 0 Å². The lowest BCUT2D eigenvalue weighted by molar-refractivity contribution is -0.132. The monoisotopic (exact) mass is 352 g/mol. The number of carbonyl (C=O) groups is 3. The quantitative estimate of drug-likeness (QED) is 0.845. The fourth-order valence-corrected chi connectivity index (χ4v) is 3.48. The number of nitrogens with zero attached hydrogens (tertiary/aromatic N) is 1. The Hall–Kier alpha value is -2.41. The second-order valence-corrected chi connectivity index (χ2v) is 6.12. The fraction of sp³-hybridized carbons (Fsp3) is 0.312. The Labute approximate surface area is 142 Å². The molecule has 0 bridgehead atoms. The van der Waals surface area contributed by atoms with Gasteiger partial charge in [-0.2, -0.15) is 0 Å². The topological polar surface area (TPSA) is 89.7 Å². The normalized spacial score (nSPS) is 22.8. The molecule has 0 aliphatic carbocycles. The molecule has 1 aromatic rings. The van der Waals surface area contributed by atoms with Gasteiger partial charge in [-0.05, 0) is 37.0 Å². The summed E-state index contributed by atoms with van der Waals surface area (Å²) in [4.78, 5) is 36.0. The first-order valence-corrected chi connectivity index (χ1v) is 7.74. The van der Waals surface area contributed by atoms with E-state index in [9.17, 15) is 18.8 Å². The van der Waals surface area contributed by atoms with Gasteiger partial charge in [0.1, 0.15) is 12.0 Å². The van der Waals surface area contributed by atoms with Crippen LogP contribution in [0.4, 0.5) is 9.18 Å². The highest BCUT2D eigenvalue weighted by molar-refractivity contribution is 6.31. The third kappa shape index (κ3) is 2.75. The molecule has 1 unspecified atom stereocenters. The van der Waals surface area contributed by atoms with Crippen molar-refractivity contribution < 1.29 is 23.5 Å². The van der Waals surface area contributed by atoms with Gasteiger partial charge in [0.15, 0.2) is 5.82 Å². The van der Waals surface area contributed by atoms with Crippen LogP contribution in [-0.4, -0.2) is 35.3 Å². The van der Waals surface area contributed by atoms with E-state index >= 15 is 0 Å². The van der Waals surface area contributed by atoms with E-state index in [-0.39, 0.29) is 28.3 Å². The molecule has 1 fully saturated rings. The number of halogens is 2. The molecule has 2 aliphatic rings. The van der Waals surface area contributed by atoms with Gasteiger partial charge in [0.05, 0.1) is 16.6 Å². The smallest absolute Gasteiger partial charge is 0.409 e. The van der Waals surface area contributed by atoms with Crippen LogP contribution in [0.25, 0.3) is 5.57 Å². The molecule has 0 spiro atoms. The van der Waals surface area contributed by atoms with E-state index < -0.39 is 18.0 Å². The Kier molecular flexibility index (Phi) is 4.28. The summed E-state index contributed by atoms with van der Waals surface area (Å²) in [5, 5.41) is -0.158. The molecule has 2 N–H and O–H groups in total. The van der Waals surface area contributed by atoms with Crippen LogP contribution in [0.2, 0.25) is 5.02 Å². The summed E-state index contributed by atoms with van der Waals surface area (Å²) in [5.41, 5.74) is 5.32. The molecule has 1 aromatic carbocycles. The number of nitrogens with two attached hydrogens (primary N) is 1. The Morgan fingerprint density at radius 1 is 1.42 bits per heavy atom. The standard InChI is InChI=1S/C16H14ClFN2O4/c17-11-3-4-12(24-16(19)23)14(15(11)18)8-5-9-1-2-10(7-21)20(9)13(22)6-8/h3-4,6-7,9-10H,1-2,5H2,(H2,19,23)/t9?,10-/m0/s1. The van der Waals surface area contributed by atoms with Gasteiger partial charge >= 0.3 is 6.09 Å². The summed E-state index contributed by atoms with van der Waals surface area (Å²) < 4.78 is 19.4. The maximum Gasteiger partial charge on any atom is 0.409 e. The number of ether oxygens (including phenoxy) is 1. The molecule has 2 aliphatic heterocycles. The number of carbonyl (C=O) groups excluding carboxylic acids is 3. The van der Waals surface area contributed by atoms with Crippen molar-refractivity contribution in [2.45, 2.75) is 31.3 Å². The van der Waals surface area contributed by atoms with Gasteiger partial charge in [-0.25, -0.2) is 9.18 Å². The van der Waals surface area contributed by atoms with Crippen LogP contribution >= 0.6 is 11.6 Å². The third-order valence-corrected chi connectivity index (χ3v) is 4.59. The summed E-state index contributed by atoms with van der Waals surface area (Å²) >= 11 is 5.82. The lowest BCUT2D eigenvalue weighted by Gasteiger charge is -2.32. The Morgan fingerprint density at radius 2 is 2.17 bits per heavy atom. The maximum absolute atomic E-state index is 14.5. The van der Waals surface area contributed by atoms with Crippen molar-refractivity contribution in [2.24, 2.45) is 5.73 Å². The molecule has 0 radical (unpaired) electrons. The molecular formula is C16H14ClFN2O4. The van der Waals surface area contributed by atoms with E-state index in [4.69, 9.17) is 22.1 Å². The average Bonchev–Trinajstić information content (AvgIpc) is 2.94. The molecule has 2 heterocycles. The molecule has 6 nitrogen and oxygen atoms in total. The van der Waals surface area contributed by atoms with Crippen molar-refractivity contribution >= 4 is 35.5 Å². The van der Waals surface area contributed by atoms with Gasteiger partial charge in [0.2, 0.25) is 5.91 Å². The van der Waals surface area contributed by atoms with E-state index in [0.717, 1.165) is 6.29 Å². The zero-order valence-electron chi connectivity index (χ0n) is 12.5. The van der Waals surface area contributed by atoms with Crippen molar-refractivity contribution in [1.29, 1.82) is 0 Å². The summed E-state index contributed by atoms with van der Waals surface area (Å²) in [6.45, 7) is 0. The first-order valence-electron chi connectivity index (χ1n) is 7.36.